The summed E-state index contributed by atoms with van der Waals surface area (Å²) in [5, 5.41) is 13.1. The molecular weight excluding hydrogens is 601 g/mol. The highest BCUT2D eigenvalue weighted by Gasteiger charge is 2.41. The molecule has 0 spiro atoms. The average molecular weight is 616 g/mol. The van der Waals surface area contributed by atoms with E-state index < -0.39 is 36.0 Å². The maximum Gasteiger partial charge on any atom is 0.349 e. The number of esters is 2. The van der Waals surface area contributed by atoms with Gasteiger partial charge in [0.2, 0.25) is 12.2 Å². The van der Waals surface area contributed by atoms with Gasteiger partial charge in [-0.1, -0.05) is 34.8 Å². The van der Waals surface area contributed by atoms with Crippen LogP contribution < -0.4 is 5.32 Å². The molecule has 186 valence electrons. The molecule has 3 rings (SSSR count). The van der Waals surface area contributed by atoms with Gasteiger partial charge in [0.25, 0.3) is 5.91 Å². The molecule has 3 aromatic rings. The summed E-state index contributed by atoms with van der Waals surface area (Å²) >= 11 is 20.9. The second-order valence-corrected chi connectivity index (χ2v) is 9.26. The van der Waals surface area contributed by atoms with Gasteiger partial charge in [0.05, 0.1) is 16.1 Å². The first-order valence-electron chi connectivity index (χ1n) is 9.97. The number of amides is 1. The van der Waals surface area contributed by atoms with Gasteiger partial charge in [0.15, 0.2) is 0 Å². The Morgan fingerprint density at radius 2 is 1.22 bits per heavy atom. The zero-order valence-electron chi connectivity index (χ0n) is 17.9. The number of ether oxygens (including phenoxy) is 2. The second-order valence-electron chi connectivity index (χ2n) is 7.12. The predicted molar refractivity (Wildman–Crippen MR) is 137 cm³/mol. The number of benzene rings is 3. The molecular formula is C24H15BrCl3NO7. The Morgan fingerprint density at radius 3 is 1.67 bits per heavy atom. The van der Waals surface area contributed by atoms with Crippen LogP contribution in [0.15, 0.2) is 71.2 Å². The van der Waals surface area contributed by atoms with Crippen molar-refractivity contribution >= 4 is 80.2 Å². The molecule has 0 saturated carbocycles. The Kier molecular flexibility index (Phi) is 9.33. The van der Waals surface area contributed by atoms with Gasteiger partial charge in [0.1, 0.15) is 0 Å². The number of carbonyl (C=O) groups excluding carboxylic acids is 3. The lowest BCUT2D eigenvalue weighted by molar-refractivity contribution is -0.157. The highest BCUT2D eigenvalue weighted by atomic mass is 79.9. The Hall–Kier alpha value is -3.11. The number of aliphatic carboxylic acids is 1. The monoisotopic (exact) mass is 613 g/mol. The fourth-order valence-electron chi connectivity index (χ4n) is 2.82. The zero-order chi connectivity index (χ0) is 26.4. The molecule has 0 heterocycles. The fourth-order valence-corrected chi connectivity index (χ4v) is 3.50. The van der Waals surface area contributed by atoms with E-state index in [0.717, 1.165) is 0 Å². The van der Waals surface area contributed by atoms with E-state index in [4.69, 9.17) is 44.3 Å². The molecule has 0 aromatic heterocycles. The molecule has 8 nitrogen and oxygen atoms in total. The topological polar surface area (TPSA) is 119 Å². The molecule has 0 fully saturated rings. The number of carboxylic acid groups (broad SMARTS) is 1. The number of carbonyl (C=O) groups is 4. The summed E-state index contributed by atoms with van der Waals surface area (Å²) in [6.07, 6.45) is -4.28. The molecule has 3 aromatic carbocycles. The van der Waals surface area contributed by atoms with Crippen molar-refractivity contribution in [3.63, 3.8) is 0 Å². The second kappa shape index (κ2) is 12.2. The third-order valence-electron chi connectivity index (χ3n) is 4.59. The molecule has 0 aliphatic rings. The molecule has 0 bridgehead atoms. The van der Waals surface area contributed by atoms with Crippen LogP contribution in [0.2, 0.25) is 15.1 Å². The molecule has 0 radical (unpaired) electrons. The quantitative estimate of drug-likeness (QED) is 0.304. The van der Waals surface area contributed by atoms with E-state index >= 15 is 0 Å². The maximum absolute atomic E-state index is 13.1. The van der Waals surface area contributed by atoms with E-state index in [1.165, 1.54) is 60.7 Å². The standard InChI is InChI=1S/C24H15BrCl3NO7/c25-17-10-9-16(11-18(17)28)29-21(30)19(35-23(33)12-1-5-14(26)6-2-12)20(22(31)32)36-24(34)13-3-7-15(27)8-4-13/h1-11,19-20H,(H,29,30)(H,31,32)/t19-,20+/m1/s1. The van der Waals surface area contributed by atoms with Crippen LogP contribution in [0.3, 0.4) is 0 Å². The first-order valence-corrected chi connectivity index (χ1v) is 11.9. The lowest BCUT2D eigenvalue weighted by Gasteiger charge is -2.23. The fraction of sp³-hybridized carbons (Fsp3) is 0.0833. The molecule has 12 heteroatoms. The molecule has 0 aliphatic carbocycles. The van der Waals surface area contributed by atoms with Crippen LogP contribution in [0, 0.1) is 0 Å². The normalized spacial score (nSPS) is 12.2. The lowest BCUT2D eigenvalue weighted by Crippen LogP contribution is -2.48. The van der Waals surface area contributed by atoms with Crippen molar-refractivity contribution in [3.05, 3.63) is 97.4 Å². The van der Waals surface area contributed by atoms with Gasteiger partial charge in [-0.25, -0.2) is 14.4 Å². The van der Waals surface area contributed by atoms with Gasteiger partial charge in [-0.2, -0.15) is 0 Å². The van der Waals surface area contributed by atoms with E-state index in [-0.39, 0.29) is 21.8 Å². The number of rotatable bonds is 8. The Labute approximate surface area is 228 Å². The van der Waals surface area contributed by atoms with Crippen molar-refractivity contribution < 1.29 is 33.8 Å². The van der Waals surface area contributed by atoms with Crippen molar-refractivity contribution in [2.45, 2.75) is 12.2 Å². The van der Waals surface area contributed by atoms with Crippen LogP contribution in [0.5, 0.6) is 0 Å². The largest absolute Gasteiger partial charge is 0.478 e. The van der Waals surface area contributed by atoms with Crippen LogP contribution in [-0.2, 0) is 19.1 Å². The summed E-state index contributed by atoms with van der Waals surface area (Å²) in [6.45, 7) is 0. The number of nitrogens with one attached hydrogen (secondary N) is 1. The Bertz CT molecular complexity index is 1300. The minimum Gasteiger partial charge on any atom is -0.478 e. The maximum atomic E-state index is 13.1. The summed E-state index contributed by atoms with van der Waals surface area (Å²) in [5.74, 6) is -4.93. The molecule has 36 heavy (non-hydrogen) atoms. The summed E-state index contributed by atoms with van der Waals surface area (Å²) in [4.78, 5) is 50.5. The van der Waals surface area contributed by atoms with Gasteiger partial charge in [-0.05, 0) is 82.7 Å². The van der Waals surface area contributed by atoms with E-state index in [1.54, 1.807) is 6.07 Å². The average Bonchev–Trinajstić information content (AvgIpc) is 2.84. The molecule has 0 unspecified atom stereocenters. The molecule has 0 aliphatic heterocycles. The van der Waals surface area contributed by atoms with E-state index in [9.17, 15) is 24.3 Å². The predicted octanol–water partition coefficient (Wildman–Crippen LogP) is 5.88. The Balaban J connectivity index is 1.92. The zero-order valence-corrected chi connectivity index (χ0v) is 21.8. The number of anilines is 1. The molecule has 1 amide bonds. The lowest BCUT2D eigenvalue weighted by atomic mass is 10.1. The van der Waals surface area contributed by atoms with E-state index in [1.807, 2.05) is 0 Å². The van der Waals surface area contributed by atoms with Crippen LogP contribution in [0.25, 0.3) is 0 Å². The minimum atomic E-state index is -2.20. The van der Waals surface area contributed by atoms with Crippen LogP contribution >= 0.6 is 50.7 Å². The number of carboxylic acids is 1. The first-order chi connectivity index (χ1) is 17.0. The number of hydrogen-bond donors (Lipinski definition) is 2. The molecule has 0 saturated heterocycles. The van der Waals surface area contributed by atoms with Gasteiger partial charge in [-0.3, -0.25) is 4.79 Å². The summed E-state index contributed by atoms with van der Waals surface area (Å²) in [5.41, 5.74) is 0.125. The van der Waals surface area contributed by atoms with Gasteiger partial charge >= 0.3 is 17.9 Å². The van der Waals surface area contributed by atoms with Gasteiger partial charge in [-0.15, -0.1) is 0 Å². The van der Waals surface area contributed by atoms with Crippen LogP contribution in [0.1, 0.15) is 20.7 Å². The van der Waals surface area contributed by atoms with Crippen molar-refractivity contribution in [1.29, 1.82) is 0 Å². The summed E-state index contributed by atoms with van der Waals surface area (Å²) in [6, 6.07) is 15.3. The molecule has 2 atom stereocenters. The van der Waals surface area contributed by atoms with Crippen molar-refractivity contribution in [1.82, 2.24) is 0 Å². The number of halogens is 4. The third-order valence-corrected chi connectivity index (χ3v) is 6.33. The highest BCUT2D eigenvalue weighted by Crippen LogP contribution is 2.26. The highest BCUT2D eigenvalue weighted by molar-refractivity contribution is 9.10. The number of hydrogen-bond acceptors (Lipinski definition) is 6. The third kappa shape index (κ3) is 7.20. The van der Waals surface area contributed by atoms with Crippen LogP contribution in [-0.4, -0.2) is 41.1 Å². The van der Waals surface area contributed by atoms with Crippen molar-refractivity contribution in [2.24, 2.45) is 0 Å². The Morgan fingerprint density at radius 1 is 0.750 bits per heavy atom. The minimum absolute atomic E-state index is 0.0166. The van der Waals surface area contributed by atoms with Crippen molar-refractivity contribution in [2.75, 3.05) is 5.32 Å². The van der Waals surface area contributed by atoms with Gasteiger partial charge < -0.3 is 19.9 Å². The van der Waals surface area contributed by atoms with Crippen LogP contribution in [0.4, 0.5) is 5.69 Å². The van der Waals surface area contributed by atoms with Gasteiger partial charge in [0, 0.05) is 20.2 Å². The SMILES string of the molecule is O=C(O[C@H](C(=O)O)[C@@H](OC(=O)c1ccc(Cl)cc1)C(=O)Nc1ccc(Br)c(Cl)c1)c1ccc(Cl)cc1. The van der Waals surface area contributed by atoms with Crippen molar-refractivity contribution in [3.8, 4) is 0 Å². The molecule has 2 N–H and O–H groups in total. The smallest absolute Gasteiger partial charge is 0.349 e. The summed E-state index contributed by atoms with van der Waals surface area (Å²) in [7, 11) is 0. The van der Waals surface area contributed by atoms with E-state index in [2.05, 4.69) is 21.2 Å². The summed E-state index contributed by atoms with van der Waals surface area (Å²) < 4.78 is 10.9. The van der Waals surface area contributed by atoms with E-state index in [0.29, 0.717) is 14.5 Å². The first kappa shape index (κ1) is 27.5.